The number of nitrogens with zero attached hydrogens (tertiary/aromatic N) is 5. The van der Waals surface area contributed by atoms with Crippen molar-refractivity contribution in [3.63, 3.8) is 0 Å². The number of aliphatic hydroxyl groups is 1. The highest BCUT2D eigenvalue weighted by Gasteiger charge is 2.58. The summed E-state index contributed by atoms with van der Waals surface area (Å²) in [5, 5.41) is 19.8. The number of amides is 1. The maximum atomic E-state index is 14.2. The maximum absolute atomic E-state index is 14.2. The van der Waals surface area contributed by atoms with Crippen molar-refractivity contribution >= 4 is 11.7 Å². The number of halogens is 5. The Morgan fingerprint density at radius 1 is 1.14 bits per heavy atom. The van der Waals surface area contributed by atoms with E-state index >= 15 is 0 Å². The lowest BCUT2D eigenvalue weighted by molar-refractivity contribution is -0.245. The van der Waals surface area contributed by atoms with E-state index < -0.39 is 41.7 Å². The molecule has 1 aromatic carbocycles. The fourth-order valence-electron chi connectivity index (χ4n) is 3.14. The minimum Gasteiger partial charge on any atom is -0.371 e. The number of alkyl halides is 3. The largest absolute Gasteiger partial charge is 0.428 e. The molecule has 0 aliphatic rings. The fourth-order valence-corrected chi connectivity index (χ4v) is 3.14. The summed E-state index contributed by atoms with van der Waals surface area (Å²) >= 11 is 0. The summed E-state index contributed by atoms with van der Waals surface area (Å²) in [6.07, 6.45) is -3.48. The van der Waals surface area contributed by atoms with E-state index in [4.69, 9.17) is 10.3 Å². The molecule has 0 aliphatic heterocycles. The van der Waals surface area contributed by atoms with Crippen LogP contribution in [0.3, 0.4) is 0 Å². The Morgan fingerprint density at radius 2 is 1.89 bits per heavy atom. The molecule has 0 unspecified atom stereocenters. The van der Waals surface area contributed by atoms with Crippen molar-refractivity contribution in [1.82, 2.24) is 24.9 Å². The van der Waals surface area contributed by atoms with Gasteiger partial charge in [0.15, 0.2) is 17.5 Å². The van der Waals surface area contributed by atoms with Crippen molar-refractivity contribution in [2.45, 2.75) is 18.3 Å². The lowest BCUT2D eigenvalue weighted by Gasteiger charge is -2.27. The average molecular weight is 509 g/mol. The van der Waals surface area contributed by atoms with Gasteiger partial charge in [0.2, 0.25) is 0 Å². The summed E-state index contributed by atoms with van der Waals surface area (Å²) in [7, 11) is 0. The van der Waals surface area contributed by atoms with Crippen LogP contribution in [0.25, 0.3) is 22.9 Å². The molecule has 0 saturated heterocycles. The number of anilines is 1. The molecule has 4 rings (SSSR count). The molecule has 0 bridgehead atoms. The van der Waals surface area contributed by atoms with E-state index in [1.54, 1.807) is 12.1 Å². The van der Waals surface area contributed by atoms with Gasteiger partial charge in [0, 0.05) is 11.6 Å². The first kappa shape index (κ1) is 24.7. The smallest absolute Gasteiger partial charge is 0.371 e. The molecule has 1 atom stereocenters. The number of nitrogens with one attached hydrogen (secondary N) is 1. The second kappa shape index (κ2) is 9.33. The number of benzene rings is 1. The van der Waals surface area contributed by atoms with Crippen LogP contribution >= 0.6 is 0 Å². The molecule has 1 amide bonds. The molecular weight excluding hydrogens is 493 g/mol. The Bertz CT molecular complexity index is 1390. The van der Waals surface area contributed by atoms with Crippen LogP contribution in [0.1, 0.15) is 5.56 Å². The first-order valence-electron chi connectivity index (χ1n) is 10.1. The van der Waals surface area contributed by atoms with Gasteiger partial charge < -0.3 is 20.7 Å². The van der Waals surface area contributed by atoms with E-state index in [-0.39, 0.29) is 23.6 Å². The predicted octanol–water partition coefficient (Wildman–Crippen LogP) is 2.51. The number of hydrogen-bond donors (Lipinski definition) is 3. The standard InChI is InChI=1S/C21H16F5N7O3/c22-12-4-2-1-3-11(12)9-33-16(14-5-6-36-32-14)7-15(31-33)18-28-8-13(23)17(30-18)29-10-20(35,19(27)34)21(24,25)26/h1-8,35H,9-10H2,(H2,27,34)(H,28,29,30)/t20-/m1/s1. The first-order chi connectivity index (χ1) is 17.0. The third-order valence-corrected chi connectivity index (χ3v) is 5.12. The highest BCUT2D eigenvalue weighted by Crippen LogP contribution is 2.31. The van der Waals surface area contributed by atoms with E-state index in [2.05, 4.69) is 20.2 Å². The van der Waals surface area contributed by atoms with Crippen LogP contribution in [0.15, 0.2) is 53.4 Å². The number of carbonyl (C=O) groups is 1. The molecule has 3 aromatic heterocycles. The van der Waals surface area contributed by atoms with Crippen molar-refractivity contribution in [1.29, 1.82) is 0 Å². The highest BCUT2D eigenvalue weighted by atomic mass is 19.4. The first-order valence-corrected chi connectivity index (χ1v) is 10.1. The molecule has 0 spiro atoms. The van der Waals surface area contributed by atoms with Gasteiger partial charge in [-0.05, 0) is 12.1 Å². The normalized spacial score (nSPS) is 13.4. The molecule has 188 valence electrons. The molecule has 0 radical (unpaired) electrons. The third-order valence-electron chi connectivity index (χ3n) is 5.12. The Labute approximate surface area is 198 Å². The Balaban J connectivity index is 1.69. The van der Waals surface area contributed by atoms with Crippen LogP contribution in [-0.4, -0.2) is 54.2 Å². The monoisotopic (exact) mass is 509 g/mol. The molecule has 0 fully saturated rings. The second-order valence-electron chi connectivity index (χ2n) is 7.51. The number of hydrogen-bond acceptors (Lipinski definition) is 8. The molecule has 36 heavy (non-hydrogen) atoms. The van der Waals surface area contributed by atoms with E-state index in [0.29, 0.717) is 17.6 Å². The van der Waals surface area contributed by atoms with Gasteiger partial charge >= 0.3 is 6.18 Å². The van der Waals surface area contributed by atoms with Crippen LogP contribution in [0.5, 0.6) is 0 Å². The van der Waals surface area contributed by atoms with Gasteiger partial charge in [-0.3, -0.25) is 9.48 Å². The summed E-state index contributed by atoms with van der Waals surface area (Å²) in [5.74, 6) is -4.73. The van der Waals surface area contributed by atoms with Crippen molar-refractivity contribution in [2.75, 3.05) is 11.9 Å². The maximum Gasteiger partial charge on any atom is 0.428 e. The molecule has 0 saturated carbocycles. The predicted molar refractivity (Wildman–Crippen MR) is 113 cm³/mol. The summed E-state index contributed by atoms with van der Waals surface area (Å²) in [6.45, 7) is -1.55. The van der Waals surface area contributed by atoms with Crippen LogP contribution in [0.2, 0.25) is 0 Å². The summed E-state index contributed by atoms with van der Waals surface area (Å²) < 4.78 is 74.0. The topological polar surface area (TPSA) is 145 Å². The van der Waals surface area contributed by atoms with Gasteiger partial charge in [-0.2, -0.15) is 18.3 Å². The summed E-state index contributed by atoms with van der Waals surface area (Å²) in [5.41, 5.74) is 1.71. The lowest BCUT2D eigenvalue weighted by Crippen LogP contribution is -2.59. The number of primary amides is 1. The Hall–Kier alpha value is -4.40. The lowest BCUT2D eigenvalue weighted by atomic mass is 10.0. The van der Waals surface area contributed by atoms with Gasteiger partial charge in [0.1, 0.15) is 23.5 Å². The third kappa shape index (κ3) is 4.72. The zero-order valence-corrected chi connectivity index (χ0v) is 18.0. The molecule has 10 nitrogen and oxygen atoms in total. The summed E-state index contributed by atoms with van der Waals surface area (Å²) in [4.78, 5) is 18.8. The Kier molecular flexibility index (Phi) is 6.41. The SMILES string of the molecule is NC(=O)[C@](O)(CNc1nc(-c2cc(-c3ccon3)n(Cc3ccccc3F)n2)ncc1F)C(F)(F)F. The average Bonchev–Trinajstić information content (AvgIpc) is 3.49. The van der Waals surface area contributed by atoms with Crippen LogP contribution in [0.4, 0.5) is 27.8 Å². The number of rotatable bonds is 8. The van der Waals surface area contributed by atoms with Crippen molar-refractivity contribution in [3.05, 3.63) is 66.1 Å². The van der Waals surface area contributed by atoms with Gasteiger partial charge in [-0.25, -0.2) is 18.7 Å². The van der Waals surface area contributed by atoms with Crippen molar-refractivity contribution in [3.8, 4) is 22.9 Å². The molecule has 4 aromatic rings. The zero-order chi connectivity index (χ0) is 26.1. The number of carbonyl (C=O) groups excluding carboxylic acids is 1. The summed E-state index contributed by atoms with van der Waals surface area (Å²) in [6, 6.07) is 8.91. The van der Waals surface area contributed by atoms with E-state index in [0.717, 1.165) is 0 Å². The van der Waals surface area contributed by atoms with Crippen molar-refractivity contribution in [2.24, 2.45) is 5.73 Å². The Morgan fingerprint density at radius 3 is 2.53 bits per heavy atom. The molecule has 0 aliphatic carbocycles. The van der Waals surface area contributed by atoms with Crippen LogP contribution < -0.4 is 11.1 Å². The minimum atomic E-state index is -5.43. The fraction of sp³-hybridized carbons (Fsp3) is 0.190. The molecule has 4 N–H and O–H groups in total. The van der Waals surface area contributed by atoms with Crippen LogP contribution in [0, 0.1) is 11.6 Å². The van der Waals surface area contributed by atoms with Gasteiger partial charge in [0.05, 0.1) is 25.0 Å². The number of nitrogens with two attached hydrogens (primary N) is 1. The molecule has 15 heteroatoms. The van der Waals surface area contributed by atoms with E-state index in [1.165, 1.54) is 35.2 Å². The van der Waals surface area contributed by atoms with Gasteiger partial charge in [-0.1, -0.05) is 23.4 Å². The quantitative estimate of drug-likeness (QED) is 0.307. The van der Waals surface area contributed by atoms with Crippen LogP contribution in [-0.2, 0) is 11.3 Å². The van der Waals surface area contributed by atoms with E-state index in [1.807, 2.05) is 5.32 Å². The number of aromatic nitrogens is 5. The minimum absolute atomic E-state index is 0.0355. The molecule has 3 heterocycles. The van der Waals surface area contributed by atoms with Gasteiger partial charge in [0.25, 0.3) is 11.5 Å². The second-order valence-corrected chi connectivity index (χ2v) is 7.51. The molecular formula is C21H16F5N7O3. The van der Waals surface area contributed by atoms with Gasteiger partial charge in [-0.15, -0.1) is 0 Å². The zero-order valence-electron chi connectivity index (χ0n) is 18.0. The highest BCUT2D eigenvalue weighted by molar-refractivity contribution is 5.85. The van der Waals surface area contributed by atoms with Crippen molar-refractivity contribution < 1.29 is 36.4 Å². The van der Waals surface area contributed by atoms with E-state index in [9.17, 15) is 31.9 Å².